The van der Waals surface area contributed by atoms with Gasteiger partial charge >= 0.3 is 0 Å². The monoisotopic (exact) mass is 220 g/mol. The lowest BCUT2D eigenvalue weighted by Crippen LogP contribution is -2.39. The van der Waals surface area contributed by atoms with Crippen LogP contribution in [0.2, 0.25) is 0 Å². The molecule has 4 nitrogen and oxygen atoms in total. The lowest BCUT2D eigenvalue weighted by Gasteiger charge is -2.20. The molecule has 0 bridgehead atoms. The molecule has 14 heavy (non-hydrogen) atoms. The van der Waals surface area contributed by atoms with Crippen molar-refractivity contribution in [2.45, 2.75) is 32.7 Å². The second-order valence-corrected chi connectivity index (χ2v) is 6.33. The molecule has 0 heterocycles. The number of sulfonamides is 1. The second-order valence-electron chi connectivity index (χ2n) is 4.50. The van der Waals surface area contributed by atoms with Crippen LogP contribution >= 0.6 is 0 Å². The Morgan fingerprint density at radius 2 is 1.93 bits per heavy atom. The van der Waals surface area contributed by atoms with Gasteiger partial charge in [-0.3, -0.25) is 0 Å². The van der Waals surface area contributed by atoms with Crippen molar-refractivity contribution in [2.75, 3.05) is 19.3 Å². The molecule has 0 aromatic heterocycles. The van der Waals surface area contributed by atoms with Gasteiger partial charge in [0, 0.05) is 19.1 Å². The molecule has 1 fully saturated rings. The summed E-state index contributed by atoms with van der Waals surface area (Å²) in [5.41, 5.74) is 0.449. The van der Waals surface area contributed by atoms with Crippen LogP contribution in [0.5, 0.6) is 0 Å². The van der Waals surface area contributed by atoms with E-state index in [0.717, 1.165) is 0 Å². The normalized spacial score (nSPS) is 21.9. The molecule has 0 radical (unpaired) electrons. The van der Waals surface area contributed by atoms with Gasteiger partial charge in [-0.15, -0.1) is 0 Å². The molecule has 1 rings (SSSR count). The van der Waals surface area contributed by atoms with Crippen LogP contribution in [-0.4, -0.2) is 33.8 Å². The number of hydrogen-bond acceptors (Lipinski definition) is 3. The Balaban J connectivity index is 2.10. The molecule has 1 aliphatic carbocycles. The lowest BCUT2D eigenvalue weighted by molar-refractivity contribution is 0.383. The molecular weight excluding hydrogens is 200 g/mol. The van der Waals surface area contributed by atoms with Gasteiger partial charge in [0.25, 0.3) is 0 Å². The summed E-state index contributed by atoms with van der Waals surface area (Å²) in [5.74, 6) is 0. The standard InChI is InChI=1S/C9H20N2O2S/c1-8(9(2)4-5-9)10-6-7-11-14(3,12)13/h8,10-11H,4-7H2,1-3H3. The van der Waals surface area contributed by atoms with E-state index < -0.39 is 10.0 Å². The smallest absolute Gasteiger partial charge is 0.208 e. The fourth-order valence-electron chi connectivity index (χ4n) is 1.40. The van der Waals surface area contributed by atoms with Gasteiger partial charge < -0.3 is 5.32 Å². The Morgan fingerprint density at radius 1 is 1.36 bits per heavy atom. The number of rotatable bonds is 6. The minimum Gasteiger partial charge on any atom is -0.312 e. The van der Waals surface area contributed by atoms with Crippen LogP contribution in [0, 0.1) is 5.41 Å². The van der Waals surface area contributed by atoms with Crippen LogP contribution < -0.4 is 10.0 Å². The summed E-state index contributed by atoms with van der Waals surface area (Å²) in [4.78, 5) is 0. The zero-order valence-corrected chi connectivity index (χ0v) is 9.95. The van der Waals surface area contributed by atoms with E-state index in [4.69, 9.17) is 0 Å². The summed E-state index contributed by atoms with van der Waals surface area (Å²) in [6, 6.07) is 0.476. The van der Waals surface area contributed by atoms with Crippen LogP contribution in [0.25, 0.3) is 0 Å². The molecule has 0 amide bonds. The first-order chi connectivity index (χ1) is 6.33. The topological polar surface area (TPSA) is 58.2 Å². The van der Waals surface area contributed by atoms with Crippen molar-refractivity contribution in [3.05, 3.63) is 0 Å². The van der Waals surface area contributed by atoms with Gasteiger partial charge in [-0.25, -0.2) is 13.1 Å². The Kier molecular flexibility index (Phi) is 3.55. The molecule has 0 saturated heterocycles. The van der Waals surface area contributed by atoms with E-state index in [1.807, 2.05) is 0 Å². The summed E-state index contributed by atoms with van der Waals surface area (Å²) in [6.07, 6.45) is 3.74. The third kappa shape index (κ3) is 3.94. The van der Waals surface area contributed by atoms with Gasteiger partial charge in [-0.05, 0) is 25.2 Å². The van der Waals surface area contributed by atoms with Crippen molar-refractivity contribution < 1.29 is 8.42 Å². The van der Waals surface area contributed by atoms with Gasteiger partial charge in [-0.2, -0.15) is 0 Å². The van der Waals surface area contributed by atoms with Crippen molar-refractivity contribution in [3.63, 3.8) is 0 Å². The largest absolute Gasteiger partial charge is 0.312 e. The van der Waals surface area contributed by atoms with E-state index in [-0.39, 0.29) is 0 Å². The molecule has 5 heteroatoms. The third-order valence-corrected chi connectivity index (χ3v) is 3.75. The van der Waals surface area contributed by atoms with Gasteiger partial charge in [0.2, 0.25) is 10.0 Å². The van der Waals surface area contributed by atoms with Gasteiger partial charge in [0.05, 0.1) is 6.26 Å². The van der Waals surface area contributed by atoms with Crippen LogP contribution in [0.15, 0.2) is 0 Å². The highest BCUT2D eigenvalue weighted by Gasteiger charge is 2.41. The molecule has 0 aromatic rings. The maximum atomic E-state index is 10.7. The quantitative estimate of drug-likeness (QED) is 0.634. The minimum absolute atomic E-state index is 0.449. The second kappa shape index (κ2) is 4.16. The summed E-state index contributed by atoms with van der Waals surface area (Å²) in [7, 11) is -3.03. The van der Waals surface area contributed by atoms with E-state index in [1.54, 1.807) is 0 Å². The molecular formula is C9H20N2O2S. The molecule has 1 atom stereocenters. The fourth-order valence-corrected chi connectivity index (χ4v) is 1.87. The fraction of sp³-hybridized carbons (Fsp3) is 1.00. The van der Waals surface area contributed by atoms with E-state index in [1.165, 1.54) is 19.1 Å². The van der Waals surface area contributed by atoms with Crippen molar-refractivity contribution >= 4 is 10.0 Å². The van der Waals surface area contributed by atoms with Gasteiger partial charge in [0.1, 0.15) is 0 Å². The molecule has 84 valence electrons. The molecule has 0 aliphatic heterocycles. The summed E-state index contributed by atoms with van der Waals surface area (Å²) >= 11 is 0. The Labute approximate surface area is 86.5 Å². The van der Waals surface area contributed by atoms with E-state index in [9.17, 15) is 8.42 Å². The average molecular weight is 220 g/mol. The SMILES string of the molecule is CC(NCCNS(C)(=O)=O)C1(C)CC1. The Morgan fingerprint density at radius 3 is 2.36 bits per heavy atom. The van der Waals surface area contributed by atoms with Crippen LogP contribution in [0.4, 0.5) is 0 Å². The highest BCUT2D eigenvalue weighted by Crippen LogP contribution is 2.47. The van der Waals surface area contributed by atoms with Crippen molar-refractivity contribution in [3.8, 4) is 0 Å². The predicted octanol–water partition coefficient (Wildman–Crippen LogP) is 0.314. The highest BCUT2D eigenvalue weighted by atomic mass is 32.2. The first-order valence-electron chi connectivity index (χ1n) is 5.01. The number of hydrogen-bond donors (Lipinski definition) is 2. The molecule has 2 N–H and O–H groups in total. The first-order valence-corrected chi connectivity index (χ1v) is 6.91. The van der Waals surface area contributed by atoms with Crippen molar-refractivity contribution in [1.82, 2.24) is 10.0 Å². The lowest BCUT2D eigenvalue weighted by atomic mass is 10.0. The van der Waals surface area contributed by atoms with Gasteiger partial charge in [-0.1, -0.05) is 6.92 Å². The molecule has 0 spiro atoms. The third-order valence-electron chi connectivity index (χ3n) is 3.02. The minimum atomic E-state index is -3.03. The average Bonchev–Trinajstić information content (AvgIpc) is 2.76. The molecule has 1 saturated carbocycles. The van der Waals surface area contributed by atoms with Crippen LogP contribution in [0.3, 0.4) is 0 Å². The maximum Gasteiger partial charge on any atom is 0.208 e. The van der Waals surface area contributed by atoms with E-state index in [2.05, 4.69) is 23.9 Å². The molecule has 0 aromatic carbocycles. The summed E-state index contributed by atoms with van der Waals surface area (Å²) in [5, 5.41) is 3.33. The Hall–Kier alpha value is -0.130. The van der Waals surface area contributed by atoms with Crippen LogP contribution in [0.1, 0.15) is 26.7 Å². The molecule has 1 aliphatic rings. The van der Waals surface area contributed by atoms with Crippen molar-refractivity contribution in [1.29, 1.82) is 0 Å². The zero-order chi connectivity index (χ0) is 10.8. The predicted molar refractivity (Wildman–Crippen MR) is 57.7 cm³/mol. The summed E-state index contributed by atoms with van der Waals surface area (Å²) in [6.45, 7) is 5.59. The van der Waals surface area contributed by atoms with Crippen LogP contribution in [-0.2, 0) is 10.0 Å². The number of nitrogens with one attached hydrogen (secondary N) is 2. The summed E-state index contributed by atoms with van der Waals surface area (Å²) < 4.78 is 24.0. The highest BCUT2D eigenvalue weighted by molar-refractivity contribution is 7.88. The Bertz CT molecular complexity index is 283. The zero-order valence-electron chi connectivity index (χ0n) is 9.13. The molecule has 1 unspecified atom stereocenters. The maximum absolute atomic E-state index is 10.7. The van der Waals surface area contributed by atoms with E-state index >= 15 is 0 Å². The van der Waals surface area contributed by atoms with E-state index in [0.29, 0.717) is 24.5 Å². The van der Waals surface area contributed by atoms with Crippen molar-refractivity contribution in [2.24, 2.45) is 5.41 Å². The van der Waals surface area contributed by atoms with Gasteiger partial charge in [0.15, 0.2) is 0 Å². The first kappa shape index (κ1) is 11.9.